The summed E-state index contributed by atoms with van der Waals surface area (Å²) in [6.07, 6.45) is -4.36. The number of aromatic nitrogens is 2. The molecule has 0 fully saturated rings. The molecule has 22 heavy (non-hydrogen) atoms. The maximum Gasteiger partial charge on any atom is 0.416 e. The van der Waals surface area contributed by atoms with Crippen molar-refractivity contribution in [2.75, 3.05) is 0 Å². The van der Waals surface area contributed by atoms with Gasteiger partial charge in [0.25, 0.3) is 0 Å². The van der Waals surface area contributed by atoms with Gasteiger partial charge in [0.1, 0.15) is 5.75 Å². The molecule has 0 unspecified atom stereocenters. The van der Waals surface area contributed by atoms with Crippen molar-refractivity contribution >= 4 is 0 Å². The second-order valence-corrected chi connectivity index (χ2v) is 4.76. The van der Waals surface area contributed by atoms with Crippen LogP contribution in [0.25, 0.3) is 22.5 Å². The summed E-state index contributed by atoms with van der Waals surface area (Å²) >= 11 is 0. The Balaban J connectivity index is 1.93. The number of aromatic hydroxyl groups is 1. The molecule has 0 aliphatic carbocycles. The van der Waals surface area contributed by atoms with Crippen molar-refractivity contribution in [3.8, 4) is 28.3 Å². The summed E-state index contributed by atoms with van der Waals surface area (Å²) in [6, 6.07) is 13.2. The first-order valence-electron chi connectivity index (χ1n) is 6.46. The van der Waals surface area contributed by atoms with E-state index >= 15 is 0 Å². The van der Waals surface area contributed by atoms with Crippen molar-refractivity contribution in [3.63, 3.8) is 0 Å². The average molecular weight is 304 g/mol. The van der Waals surface area contributed by atoms with Gasteiger partial charge in [0, 0.05) is 11.1 Å². The average Bonchev–Trinajstić information content (AvgIpc) is 2.96. The highest BCUT2D eigenvalue weighted by Crippen LogP contribution is 2.32. The smallest absolute Gasteiger partial charge is 0.416 e. The van der Waals surface area contributed by atoms with E-state index in [4.69, 9.17) is 0 Å². The van der Waals surface area contributed by atoms with Gasteiger partial charge < -0.3 is 5.11 Å². The number of halogens is 3. The Morgan fingerprint density at radius 3 is 2.27 bits per heavy atom. The number of para-hydroxylation sites is 1. The number of rotatable bonds is 2. The summed E-state index contributed by atoms with van der Waals surface area (Å²) in [7, 11) is 0. The number of hydrogen-bond donors (Lipinski definition) is 2. The van der Waals surface area contributed by atoms with E-state index in [1.165, 1.54) is 12.1 Å². The van der Waals surface area contributed by atoms with Crippen molar-refractivity contribution in [3.05, 3.63) is 60.2 Å². The van der Waals surface area contributed by atoms with Gasteiger partial charge >= 0.3 is 6.18 Å². The Morgan fingerprint density at radius 2 is 1.64 bits per heavy atom. The minimum absolute atomic E-state index is 0.102. The molecule has 0 aliphatic rings. The minimum atomic E-state index is -4.36. The highest BCUT2D eigenvalue weighted by molar-refractivity contribution is 5.71. The Labute approximate surface area is 124 Å². The normalized spacial score (nSPS) is 11.6. The van der Waals surface area contributed by atoms with Gasteiger partial charge in [-0.1, -0.05) is 24.3 Å². The van der Waals surface area contributed by atoms with Crippen LogP contribution < -0.4 is 0 Å². The lowest BCUT2D eigenvalue weighted by Gasteiger charge is -2.06. The van der Waals surface area contributed by atoms with E-state index in [9.17, 15) is 18.3 Å². The van der Waals surface area contributed by atoms with E-state index < -0.39 is 11.7 Å². The lowest BCUT2D eigenvalue weighted by atomic mass is 10.1. The molecule has 0 saturated carbocycles. The summed E-state index contributed by atoms with van der Waals surface area (Å²) in [5.41, 5.74) is 1.53. The minimum Gasteiger partial charge on any atom is -0.507 e. The van der Waals surface area contributed by atoms with Gasteiger partial charge in [-0.3, -0.25) is 5.10 Å². The van der Waals surface area contributed by atoms with Gasteiger partial charge in [-0.2, -0.15) is 18.3 Å². The summed E-state index contributed by atoms with van der Waals surface area (Å²) in [4.78, 5) is 0. The number of phenols is 1. The molecule has 3 rings (SSSR count). The molecule has 2 N–H and O–H groups in total. The van der Waals surface area contributed by atoms with Crippen LogP contribution in [-0.2, 0) is 6.18 Å². The van der Waals surface area contributed by atoms with Gasteiger partial charge in [0.05, 0.1) is 17.0 Å². The van der Waals surface area contributed by atoms with Crippen LogP contribution in [-0.4, -0.2) is 15.3 Å². The molecule has 1 aromatic heterocycles. The van der Waals surface area contributed by atoms with Crippen LogP contribution in [0.3, 0.4) is 0 Å². The summed E-state index contributed by atoms with van der Waals surface area (Å²) in [5, 5.41) is 16.6. The standard InChI is InChI=1S/C16H11F3N2O/c17-16(18,19)11-7-5-10(6-8-11)13-9-14(21-20-13)12-3-1-2-4-15(12)22/h1-9,22H,(H,20,21). The zero-order chi connectivity index (χ0) is 15.7. The predicted octanol–water partition coefficient (Wildman–Crippen LogP) is 4.47. The molecular formula is C16H11F3N2O. The molecule has 0 saturated heterocycles. The Bertz CT molecular complexity index is 792. The lowest BCUT2D eigenvalue weighted by molar-refractivity contribution is -0.137. The fourth-order valence-electron chi connectivity index (χ4n) is 2.14. The molecule has 0 amide bonds. The molecule has 0 bridgehead atoms. The molecule has 112 valence electrons. The second kappa shape index (κ2) is 5.22. The zero-order valence-corrected chi connectivity index (χ0v) is 11.2. The first kappa shape index (κ1) is 14.2. The molecular weight excluding hydrogens is 293 g/mol. The number of H-pyrrole nitrogens is 1. The third kappa shape index (κ3) is 2.67. The third-order valence-corrected chi connectivity index (χ3v) is 3.28. The highest BCUT2D eigenvalue weighted by atomic mass is 19.4. The number of benzene rings is 2. The van der Waals surface area contributed by atoms with Crippen LogP contribution in [0, 0.1) is 0 Å². The van der Waals surface area contributed by atoms with E-state index in [2.05, 4.69) is 10.2 Å². The molecule has 1 heterocycles. The molecule has 0 atom stereocenters. The number of nitrogens with zero attached hydrogens (tertiary/aromatic N) is 1. The predicted molar refractivity (Wildman–Crippen MR) is 76.1 cm³/mol. The molecule has 3 nitrogen and oxygen atoms in total. The SMILES string of the molecule is Oc1ccccc1-c1cc(-c2ccc(C(F)(F)F)cc2)n[nH]1. The maximum absolute atomic E-state index is 12.5. The van der Waals surface area contributed by atoms with E-state index in [1.54, 1.807) is 30.3 Å². The topological polar surface area (TPSA) is 48.9 Å². The highest BCUT2D eigenvalue weighted by Gasteiger charge is 2.30. The van der Waals surface area contributed by atoms with Crippen molar-refractivity contribution in [1.29, 1.82) is 0 Å². The molecule has 2 aromatic carbocycles. The Morgan fingerprint density at radius 1 is 0.955 bits per heavy atom. The number of alkyl halides is 3. The van der Waals surface area contributed by atoms with Crippen molar-refractivity contribution < 1.29 is 18.3 Å². The Kier molecular flexibility index (Phi) is 3.36. The van der Waals surface area contributed by atoms with Crippen molar-refractivity contribution in [1.82, 2.24) is 10.2 Å². The van der Waals surface area contributed by atoms with Crippen LogP contribution in [0.4, 0.5) is 13.2 Å². The van der Waals surface area contributed by atoms with Crippen LogP contribution >= 0.6 is 0 Å². The van der Waals surface area contributed by atoms with Gasteiger partial charge in [-0.25, -0.2) is 0 Å². The Hall–Kier alpha value is -2.76. The lowest BCUT2D eigenvalue weighted by Crippen LogP contribution is -2.03. The fourth-order valence-corrected chi connectivity index (χ4v) is 2.14. The number of hydrogen-bond acceptors (Lipinski definition) is 2. The first-order valence-corrected chi connectivity index (χ1v) is 6.46. The van der Waals surface area contributed by atoms with Gasteiger partial charge in [-0.05, 0) is 30.3 Å². The van der Waals surface area contributed by atoms with Crippen LogP contribution in [0.2, 0.25) is 0 Å². The fraction of sp³-hybridized carbons (Fsp3) is 0.0625. The second-order valence-electron chi connectivity index (χ2n) is 4.76. The van der Waals surface area contributed by atoms with E-state index in [0.717, 1.165) is 12.1 Å². The summed E-state index contributed by atoms with van der Waals surface area (Å²) in [6.45, 7) is 0. The van der Waals surface area contributed by atoms with Gasteiger partial charge in [0.15, 0.2) is 0 Å². The largest absolute Gasteiger partial charge is 0.507 e. The summed E-state index contributed by atoms with van der Waals surface area (Å²) in [5.74, 6) is 0.102. The number of aromatic amines is 1. The zero-order valence-electron chi connectivity index (χ0n) is 11.2. The van der Waals surface area contributed by atoms with E-state index in [-0.39, 0.29) is 5.75 Å². The van der Waals surface area contributed by atoms with Crippen LogP contribution in [0.5, 0.6) is 5.75 Å². The maximum atomic E-state index is 12.5. The molecule has 0 radical (unpaired) electrons. The molecule has 0 aliphatic heterocycles. The molecule has 0 spiro atoms. The number of phenolic OH excluding ortho intramolecular Hbond substituents is 1. The first-order chi connectivity index (χ1) is 10.4. The van der Waals surface area contributed by atoms with Gasteiger partial charge in [0.2, 0.25) is 0 Å². The third-order valence-electron chi connectivity index (χ3n) is 3.28. The van der Waals surface area contributed by atoms with Gasteiger partial charge in [-0.15, -0.1) is 0 Å². The summed E-state index contributed by atoms with van der Waals surface area (Å²) < 4.78 is 37.6. The van der Waals surface area contributed by atoms with Crippen molar-refractivity contribution in [2.45, 2.75) is 6.18 Å². The quantitative estimate of drug-likeness (QED) is 0.734. The van der Waals surface area contributed by atoms with Crippen molar-refractivity contribution in [2.24, 2.45) is 0 Å². The number of nitrogens with one attached hydrogen (secondary N) is 1. The molecule has 3 aromatic rings. The van der Waals surface area contributed by atoms with Crippen LogP contribution in [0.1, 0.15) is 5.56 Å². The van der Waals surface area contributed by atoms with E-state index in [0.29, 0.717) is 22.5 Å². The monoisotopic (exact) mass is 304 g/mol. The molecule has 6 heteroatoms. The van der Waals surface area contributed by atoms with E-state index in [1.807, 2.05) is 0 Å². The van der Waals surface area contributed by atoms with Crippen LogP contribution in [0.15, 0.2) is 54.6 Å².